The van der Waals surface area contributed by atoms with E-state index in [4.69, 9.17) is 0 Å². The van der Waals surface area contributed by atoms with E-state index in [0.717, 1.165) is 21.4 Å². The second kappa shape index (κ2) is 7.80. The van der Waals surface area contributed by atoms with Crippen LogP contribution in [0.25, 0.3) is 0 Å². The molecule has 0 N–H and O–H groups in total. The van der Waals surface area contributed by atoms with Gasteiger partial charge < -0.3 is 0 Å². The monoisotopic (exact) mass is 418 g/mol. The van der Waals surface area contributed by atoms with Gasteiger partial charge in [-0.1, -0.05) is 56.1 Å². The maximum Gasteiger partial charge on any atom is 0.270 e. The summed E-state index contributed by atoms with van der Waals surface area (Å²) in [5.74, 6) is -2.63. The zero-order chi connectivity index (χ0) is 16.0. The fourth-order valence-corrected chi connectivity index (χ4v) is 1.96. The molecule has 2 aromatic rings. The minimum atomic E-state index is -2.74. The highest BCUT2D eigenvalue weighted by molar-refractivity contribution is 9.10. The molecule has 21 heavy (non-hydrogen) atoms. The van der Waals surface area contributed by atoms with Crippen molar-refractivity contribution in [2.24, 2.45) is 0 Å². The Morgan fingerprint density at radius 2 is 1.29 bits per heavy atom. The Hall–Kier alpha value is -1.07. The number of carbonyl (C=O) groups is 1. The van der Waals surface area contributed by atoms with Crippen LogP contribution in [-0.4, -0.2) is 5.78 Å². The topological polar surface area (TPSA) is 17.1 Å². The number of Topliss-reactive ketones (excluding diaryl/α,β-unsaturated/α-hetero) is 1. The molecule has 0 aromatic heterocycles. The molecule has 0 saturated heterocycles. The fraction of sp³-hybridized carbons (Fsp3) is 0.188. The lowest BCUT2D eigenvalue weighted by Gasteiger charge is -2.09. The number of rotatable bonds is 2. The van der Waals surface area contributed by atoms with Crippen LogP contribution in [0.3, 0.4) is 0 Å². The van der Waals surface area contributed by atoms with Crippen LogP contribution < -0.4 is 0 Å². The highest BCUT2D eigenvalue weighted by Gasteiger charge is 2.23. The van der Waals surface area contributed by atoms with Crippen molar-refractivity contribution in [2.45, 2.75) is 19.8 Å². The van der Waals surface area contributed by atoms with Gasteiger partial charge in [0.05, 0.1) is 0 Å². The van der Waals surface area contributed by atoms with E-state index in [1.54, 1.807) is 31.2 Å². The van der Waals surface area contributed by atoms with Crippen molar-refractivity contribution in [2.75, 3.05) is 0 Å². The molecule has 0 aliphatic carbocycles. The first-order valence-corrected chi connectivity index (χ1v) is 7.69. The number of ketones is 1. The first-order valence-electron chi connectivity index (χ1n) is 6.10. The van der Waals surface area contributed by atoms with Gasteiger partial charge in [0.25, 0.3) is 5.92 Å². The van der Waals surface area contributed by atoms with Gasteiger partial charge in [-0.3, -0.25) is 4.79 Å². The van der Waals surface area contributed by atoms with Crippen LogP contribution in [-0.2, 0) is 5.92 Å². The van der Waals surface area contributed by atoms with Crippen molar-refractivity contribution in [3.63, 3.8) is 0 Å². The first-order chi connectivity index (χ1) is 9.70. The number of hydrogen-bond donors (Lipinski definition) is 0. The second-order valence-electron chi connectivity index (χ2n) is 4.46. The van der Waals surface area contributed by atoms with E-state index in [9.17, 15) is 13.6 Å². The smallest absolute Gasteiger partial charge is 0.270 e. The summed E-state index contributed by atoms with van der Waals surface area (Å²) >= 11 is 6.45. The van der Waals surface area contributed by atoms with Crippen LogP contribution in [0.2, 0.25) is 0 Å². The Morgan fingerprint density at radius 1 is 0.905 bits per heavy atom. The molecule has 0 spiro atoms. The largest absolute Gasteiger partial charge is 0.295 e. The van der Waals surface area contributed by atoms with E-state index in [1.165, 1.54) is 12.1 Å². The molecule has 0 saturated carbocycles. The number of halogens is 4. The van der Waals surface area contributed by atoms with E-state index < -0.39 is 5.92 Å². The van der Waals surface area contributed by atoms with Crippen LogP contribution in [0, 0.1) is 0 Å². The summed E-state index contributed by atoms with van der Waals surface area (Å²) in [5.41, 5.74) is 0.795. The van der Waals surface area contributed by atoms with Gasteiger partial charge in [-0.2, -0.15) is 0 Å². The lowest BCUT2D eigenvalue weighted by atomic mass is 10.1. The Labute approximate surface area is 139 Å². The Morgan fingerprint density at radius 3 is 1.62 bits per heavy atom. The van der Waals surface area contributed by atoms with Crippen molar-refractivity contribution in [1.29, 1.82) is 0 Å². The van der Waals surface area contributed by atoms with Crippen LogP contribution in [0.1, 0.15) is 29.8 Å². The van der Waals surface area contributed by atoms with Gasteiger partial charge in [0.2, 0.25) is 0 Å². The fourth-order valence-electron chi connectivity index (χ4n) is 1.43. The number of alkyl halides is 2. The maximum absolute atomic E-state index is 12.6. The summed E-state index contributed by atoms with van der Waals surface area (Å²) in [7, 11) is 0. The molecule has 112 valence electrons. The van der Waals surface area contributed by atoms with Gasteiger partial charge in [0.1, 0.15) is 0 Å². The number of benzene rings is 2. The summed E-state index contributed by atoms with van der Waals surface area (Å²) in [4.78, 5) is 10.7. The average molecular weight is 420 g/mol. The molecule has 0 bridgehead atoms. The van der Waals surface area contributed by atoms with Crippen molar-refractivity contribution in [1.82, 2.24) is 0 Å². The zero-order valence-electron chi connectivity index (χ0n) is 11.5. The molecule has 2 rings (SSSR count). The van der Waals surface area contributed by atoms with Crippen molar-refractivity contribution in [3.8, 4) is 0 Å². The molecule has 0 aliphatic rings. The summed E-state index contributed by atoms with van der Waals surface area (Å²) in [6.07, 6.45) is 0. The molecular weight excluding hydrogens is 406 g/mol. The normalized spacial score (nSPS) is 10.6. The summed E-state index contributed by atoms with van der Waals surface area (Å²) < 4.78 is 27.0. The third kappa shape index (κ3) is 6.48. The van der Waals surface area contributed by atoms with E-state index in [0.29, 0.717) is 0 Å². The molecule has 0 radical (unpaired) electrons. The lowest BCUT2D eigenvalue weighted by molar-refractivity contribution is 0.0174. The molecule has 1 nitrogen and oxygen atoms in total. The van der Waals surface area contributed by atoms with Crippen molar-refractivity contribution < 1.29 is 13.6 Å². The SMILES string of the molecule is CC(=O)c1ccc(Br)cc1.CC(F)(F)c1ccc(Br)cc1. The number of hydrogen-bond acceptors (Lipinski definition) is 1. The van der Waals surface area contributed by atoms with Gasteiger partial charge in [-0.15, -0.1) is 0 Å². The van der Waals surface area contributed by atoms with Crippen molar-refractivity contribution in [3.05, 3.63) is 68.6 Å². The predicted octanol–water partition coefficient (Wildman–Crippen LogP) is 6.21. The highest BCUT2D eigenvalue weighted by atomic mass is 79.9. The summed E-state index contributed by atoms with van der Waals surface area (Å²) in [6, 6.07) is 13.3. The predicted molar refractivity (Wildman–Crippen MR) is 87.9 cm³/mol. The molecule has 0 atom stereocenters. The van der Waals surface area contributed by atoms with Gasteiger partial charge in [0, 0.05) is 27.0 Å². The van der Waals surface area contributed by atoms with Gasteiger partial charge in [-0.25, -0.2) is 8.78 Å². The Balaban J connectivity index is 0.000000211. The molecule has 0 amide bonds. The van der Waals surface area contributed by atoms with E-state index in [1.807, 2.05) is 12.1 Å². The molecular formula is C16H14Br2F2O. The van der Waals surface area contributed by atoms with Crippen LogP contribution >= 0.6 is 31.9 Å². The molecule has 0 fully saturated rings. The highest BCUT2D eigenvalue weighted by Crippen LogP contribution is 2.27. The van der Waals surface area contributed by atoms with Gasteiger partial charge >= 0.3 is 0 Å². The average Bonchev–Trinajstić information content (AvgIpc) is 2.39. The van der Waals surface area contributed by atoms with Gasteiger partial charge in [-0.05, 0) is 31.2 Å². The Kier molecular flexibility index (Phi) is 6.68. The second-order valence-corrected chi connectivity index (χ2v) is 6.29. The first kappa shape index (κ1) is 18.0. The molecule has 5 heteroatoms. The maximum atomic E-state index is 12.6. The van der Waals surface area contributed by atoms with E-state index >= 15 is 0 Å². The number of carbonyl (C=O) groups excluding carboxylic acids is 1. The van der Waals surface area contributed by atoms with Crippen LogP contribution in [0.4, 0.5) is 8.78 Å². The minimum absolute atomic E-state index is 0.0423. The minimum Gasteiger partial charge on any atom is -0.295 e. The van der Waals surface area contributed by atoms with Crippen molar-refractivity contribution >= 4 is 37.6 Å². The third-order valence-electron chi connectivity index (χ3n) is 2.60. The van der Waals surface area contributed by atoms with Crippen LogP contribution in [0.15, 0.2) is 57.5 Å². The van der Waals surface area contributed by atoms with E-state index in [-0.39, 0.29) is 11.3 Å². The lowest BCUT2D eigenvalue weighted by Crippen LogP contribution is -2.05. The van der Waals surface area contributed by atoms with Crippen LogP contribution in [0.5, 0.6) is 0 Å². The third-order valence-corrected chi connectivity index (χ3v) is 3.66. The summed E-state index contributed by atoms with van der Waals surface area (Å²) in [6.45, 7) is 2.44. The molecule has 0 aliphatic heterocycles. The quantitative estimate of drug-likeness (QED) is 0.528. The molecule has 0 heterocycles. The van der Waals surface area contributed by atoms with Gasteiger partial charge in [0.15, 0.2) is 5.78 Å². The molecule has 0 unspecified atom stereocenters. The van der Waals surface area contributed by atoms with E-state index in [2.05, 4.69) is 31.9 Å². The summed E-state index contributed by atoms with van der Waals surface area (Å²) in [5, 5.41) is 0. The standard InChI is InChI=1S/C8H7BrF2.C8H7BrO/c1-8(10,11)6-2-4-7(9)5-3-6;1-6(10)7-2-4-8(9)5-3-7/h2-5H,1H3;2-5H,1H3. The Bertz CT molecular complexity index is 587. The zero-order valence-corrected chi connectivity index (χ0v) is 14.7. The molecule has 2 aromatic carbocycles.